The maximum absolute atomic E-state index is 11.6. The second-order valence-electron chi connectivity index (χ2n) is 4.02. The van der Waals surface area contributed by atoms with Gasteiger partial charge in [0, 0.05) is 6.54 Å². The van der Waals surface area contributed by atoms with E-state index in [0.717, 1.165) is 12.8 Å². The average Bonchev–Trinajstić information content (AvgIpc) is 2.43. The molecule has 1 fully saturated rings. The van der Waals surface area contributed by atoms with Gasteiger partial charge in [-0.25, -0.2) is 4.79 Å². The molecule has 7 nitrogen and oxygen atoms in total. The second kappa shape index (κ2) is 6.07. The van der Waals surface area contributed by atoms with E-state index in [0.29, 0.717) is 13.0 Å². The van der Waals surface area contributed by atoms with Crippen LogP contribution in [-0.4, -0.2) is 41.6 Å². The van der Waals surface area contributed by atoms with Crippen LogP contribution in [0.25, 0.3) is 0 Å². The van der Waals surface area contributed by atoms with Crippen LogP contribution < -0.4 is 16.0 Å². The predicted octanol–water partition coefficient (Wildman–Crippen LogP) is -0.573. The second-order valence-corrected chi connectivity index (χ2v) is 4.02. The third kappa shape index (κ3) is 4.29. The normalized spacial score (nSPS) is 21.9. The summed E-state index contributed by atoms with van der Waals surface area (Å²) in [6, 6.07) is -1.44. The maximum Gasteiger partial charge on any atom is 0.405 e. The van der Waals surface area contributed by atoms with Gasteiger partial charge >= 0.3 is 6.09 Å². The van der Waals surface area contributed by atoms with E-state index in [-0.39, 0.29) is 5.91 Å². The molecule has 0 unspecified atom stereocenters. The van der Waals surface area contributed by atoms with Gasteiger partial charge in [-0.05, 0) is 26.2 Å². The van der Waals surface area contributed by atoms with Crippen molar-refractivity contribution in [3.05, 3.63) is 0 Å². The molecule has 0 aromatic rings. The Morgan fingerprint density at radius 2 is 2.18 bits per heavy atom. The Balaban J connectivity index is 2.48. The third-order valence-corrected chi connectivity index (χ3v) is 2.59. The summed E-state index contributed by atoms with van der Waals surface area (Å²) < 4.78 is 0. The van der Waals surface area contributed by atoms with Crippen molar-refractivity contribution < 1.29 is 19.5 Å². The minimum absolute atomic E-state index is 0.210. The molecule has 0 radical (unpaired) electrons. The van der Waals surface area contributed by atoms with Crippen LogP contribution in [0.5, 0.6) is 0 Å². The number of nitrogens with one attached hydrogen (secondary N) is 3. The SMILES string of the molecule is C[C@H](NC(=O)O)C(=O)N[C@H]1CCCCNC1=O. The number of carbonyl (C=O) groups excluding carboxylic acids is 2. The summed E-state index contributed by atoms with van der Waals surface area (Å²) in [5, 5.41) is 15.7. The van der Waals surface area contributed by atoms with E-state index in [4.69, 9.17) is 5.11 Å². The maximum atomic E-state index is 11.6. The molecular formula is C10H17N3O4. The zero-order chi connectivity index (χ0) is 12.8. The van der Waals surface area contributed by atoms with Crippen molar-refractivity contribution in [3.63, 3.8) is 0 Å². The monoisotopic (exact) mass is 243 g/mol. The lowest BCUT2D eigenvalue weighted by atomic mass is 10.1. The number of rotatable bonds is 3. The molecule has 0 aromatic carbocycles. The van der Waals surface area contributed by atoms with Crippen molar-refractivity contribution in [1.82, 2.24) is 16.0 Å². The summed E-state index contributed by atoms with van der Waals surface area (Å²) in [5.74, 6) is -0.701. The molecule has 1 aliphatic heterocycles. The molecule has 1 aliphatic rings. The first-order chi connectivity index (χ1) is 8.00. The van der Waals surface area contributed by atoms with Crippen LogP contribution in [0.3, 0.4) is 0 Å². The van der Waals surface area contributed by atoms with Crippen LogP contribution in [0.4, 0.5) is 4.79 Å². The highest BCUT2D eigenvalue weighted by atomic mass is 16.4. The Hall–Kier alpha value is -1.79. The lowest BCUT2D eigenvalue weighted by molar-refractivity contribution is -0.129. The average molecular weight is 243 g/mol. The highest BCUT2D eigenvalue weighted by molar-refractivity contribution is 5.90. The molecule has 0 saturated carbocycles. The molecule has 3 amide bonds. The van der Waals surface area contributed by atoms with Crippen LogP contribution in [0.15, 0.2) is 0 Å². The van der Waals surface area contributed by atoms with Gasteiger partial charge in [0.1, 0.15) is 12.1 Å². The molecule has 4 N–H and O–H groups in total. The highest BCUT2D eigenvalue weighted by Crippen LogP contribution is 2.05. The first-order valence-electron chi connectivity index (χ1n) is 5.58. The molecule has 96 valence electrons. The lowest BCUT2D eigenvalue weighted by Gasteiger charge is -2.18. The van der Waals surface area contributed by atoms with Gasteiger partial charge in [0.15, 0.2) is 0 Å². The van der Waals surface area contributed by atoms with Gasteiger partial charge in [-0.3, -0.25) is 9.59 Å². The third-order valence-electron chi connectivity index (χ3n) is 2.59. The van der Waals surface area contributed by atoms with Crippen LogP contribution in [0.1, 0.15) is 26.2 Å². The summed E-state index contributed by atoms with van der Waals surface area (Å²) in [4.78, 5) is 33.5. The first-order valence-corrected chi connectivity index (χ1v) is 5.58. The zero-order valence-corrected chi connectivity index (χ0v) is 9.66. The van der Waals surface area contributed by atoms with Crippen molar-refractivity contribution in [2.24, 2.45) is 0 Å². The van der Waals surface area contributed by atoms with E-state index < -0.39 is 24.1 Å². The van der Waals surface area contributed by atoms with Crippen molar-refractivity contribution in [3.8, 4) is 0 Å². The minimum Gasteiger partial charge on any atom is -0.465 e. The molecule has 17 heavy (non-hydrogen) atoms. The van der Waals surface area contributed by atoms with Gasteiger partial charge in [0.05, 0.1) is 0 Å². The van der Waals surface area contributed by atoms with E-state index >= 15 is 0 Å². The molecule has 0 aliphatic carbocycles. The van der Waals surface area contributed by atoms with Crippen LogP contribution >= 0.6 is 0 Å². The van der Waals surface area contributed by atoms with Crippen LogP contribution in [0, 0.1) is 0 Å². The fraction of sp³-hybridized carbons (Fsp3) is 0.700. The Labute approximate surface area is 98.9 Å². The van der Waals surface area contributed by atoms with Crippen molar-refractivity contribution >= 4 is 17.9 Å². The van der Waals surface area contributed by atoms with E-state index in [1.165, 1.54) is 6.92 Å². The van der Waals surface area contributed by atoms with E-state index in [2.05, 4.69) is 10.6 Å². The summed E-state index contributed by atoms with van der Waals surface area (Å²) in [7, 11) is 0. The minimum atomic E-state index is -1.27. The number of hydrogen-bond acceptors (Lipinski definition) is 3. The van der Waals surface area contributed by atoms with Gasteiger partial charge in [-0.2, -0.15) is 0 Å². The molecule has 0 aromatic heterocycles. The van der Waals surface area contributed by atoms with Gasteiger partial charge in [-0.15, -0.1) is 0 Å². The standard InChI is InChI=1S/C10H17N3O4/c1-6(12-10(16)17)8(14)13-7-4-2-3-5-11-9(7)15/h6-7,12H,2-5H2,1H3,(H,11,15)(H,13,14)(H,16,17)/t6-,7-/m0/s1. The van der Waals surface area contributed by atoms with Gasteiger partial charge in [0.25, 0.3) is 0 Å². The quantitative estimate of drug-likeness (QED) is 0.532. The lowest BCUT2D eigenvalue weighted by Crippen LogP contribution is -2.52. The smallest absolute Gasteiger partial charge is 0.405 e. The summed E-state index contributed by atoms with van der Waals surface area (Å²) >= 11 is 0. The van der Waals surface area contributed by atoms with Crippen molar-refractivity contribution in [2.75, 3.05) is 6.54 Å². The van der Waals surface area contributed by atoms with E-state index in [9.17, 15) is 14.4 Å². The summed E-state index contributed by atoms with van der Waals surface area (Å²) in [6.45, 7) is 2.05. The van der Waals surface area contributed by atoms with E-state index in [1.54, 1.807) is 0 Å². The van der Waals surface area contributed by atoms with Gasteiger partial charge < -0.3 is 21.1 Å². The molecule has 2 atom stereocenters. The Morgan fingerprint density at radius 3 is 2.82 bits per heavy atom. The summed E-state index contributed by atoms with van der Waals surface area (Å²) in [5.41, 5.74) is 0. The molecule has 0 bridgehead atoms. The fourth-order valence-corrected chi connectivity index (χ4v) is 1.62. The van der Waals surface area contributed by atoms with Crippen molar-refractivity contribution in [2.45, 2.75) is 38.3 Å². The topological polar surface area (TPSA) is 108 Å². The molecule has 0 spiro atoms. The Morgan fingerprint density at radius 1 is 1.47 bits per heavy atom. The van der Waals surface area contributed by atoms with Crippen molar-refractivity contribution in [1.29, 1.82) is 0 Å². The number of carboxylic acid groups (broad SMARTS) is 1. The van der Waals surface area contributed by atoms with Gasteiger partial charge in [-0.1, -0.05) is 0 Å². The Bertz CT molecular complexity index is 319. The van der Waals surface area contributed by atoms with Crippen LogP contribution in [-0.2, 0) is 9.59 Å². The van der Waals surface area contributed by atoms with E-state index in [1.807, 2.05) is 5.32 Å². The highest BCUT2D eigenvalue weighted by Gasteiger charge is 2.24. The first kappa shape index (κ1) is 13.3. The number of hydrogen-bond donors (Lipinski definition) is 4. The predicted molar refractivity (Wildman–Crippen MR) is 59.4 cm³/mol. The number of carbonyl (C=O) groups is 3. The zero-order valence-electron chi connectivity index (χ0n) is 9.66. The molecule has 1 rings (SSSR count). The number of amides is 3. The largest absolute Gasteiger partial charge is 0.465 e. The Kier molecular flexibility index (Phi) is 4.74. The van der Waals surface area contributed by atoms with Gasteiger partial charge in [0.2, 0.25) is 11.8 Å². The molecule has 1 saturated heterocycles. The molecule has 7 heteroatoms. The fourth-order valence-electron chi connectivity index (χ4n) is 1.62. The van der Waals surface area contributed by atoms with Crippen LogP contribution in [0.2, 0.25) is 0 Å². The molecular weight excluding hydrogens is 226 g/mol. The summed E-state index contributed by atoms with van der Waals surface area (Å²) in [6.07, 6.45) is 1.06. The molecule has 1 heterocycles.